The van der Waals surface area contributed by atoms with Gasteiger partial charge in [0.15, 0.2) is 0 Å². The van der Waals surface area contributed by atoms with E-state index in [1.165, 1.54) is 5.56 Å². The fourth-order valence-corrected chi connectivity index (χ4v) is 1.67. The van der Waals surface area contributed by atoms with Gasteiger partial charge in [-0.25, -0.2) is 0 Å². The highest BCUT2D eigenvalue weighted by Gasteiger charge is 2.06. The molecule has 0 unspecified atom stereocenters. The molecule has 0 aromatic heterocycles. The number of terminal acetylenes is 1. The van der Waals surface area contributed by atoms with Gasteiger partial charge in [-0.05, 0) is 31.4 Å². The van der Waals surface area contributed by atoms with Crippen molar-refractivity contribution in [3.05, 3.63) is 41.5 Å². The summed E-state index contributed by atoms with van der Waals surface area (Å²) in [6.45, 7) is 8.16. The summed E-state index contributed by atoms with van der Waals surface area (Å²) in [6.07, 6.45) is 7.87. The van der Waals surface area contributed by atoms with E-state index in [2.05, 4.69) is 31.6 Å². The van der Waals surface area contributed by atoms with Crippen LogP contribution in [0.4, 0.5) is 0 Å². The average Bonchev–Trinajstić information content (AvgIpc) is 2.17. The number of hydrogen-bond donors (Lipinski definition) is 0. The van der Waals surface area contributed by atoms with Gasteiger partial charge in [0.1, 0.15) is 12.4 Å². The Morgan fingerprint density at radius 1 is 1.47 bits per heavy atom. The minimum atomic E-state index is 0.314. The molecule has 0 fully saturated rings. The standard InChI is InChI=1S/C14H16O/c1-5-7-13-10-11(3)9-12(4)14(13)15-8-6-2/h2,5,9-10H,1,7-8H2,3-4H3. The number of allylic oxidation sites excluding steroid dienone is 1. The van der Waals surface area contributed by atoms with Gasteiger partial charge in [-0.2, -0.15) is 0 Å². The third-order valence-electron chi connectivity index (χ3n) is 2.16. The van der Waals surface area contributed by atoms with E-state index < -0.39 is 0 Å². The van der Waals surface area contributed by atoms with Crippen molar-refractivity contribution in [2.45, 2.75) is 20.3 Å². The van der Waals surface area contributed by atoms with Crippen LogP contribution in [0.5, 0.6) is 5.75 Å². The van der Waals surface area contributed by atoms with Gasteiger partial charge in [-0.3, -0.25) is 0 Å². The van der Waals surface area contributed by atoms with Crippen molar-refractivity contribution in [2.75, 3.05) is 6.61 Å². The van der Waals surface area contributed by atoms with Crippen molar-refractivity contribution < 1.29 is 4.74 Å². The molecule has 0 amide bonds. The van der Waals surface area contributed by atoms with Crippen molar-refractivity contribution in [1.82, 2.24) is 0 Å². The van der Waals surface area contributed by atoms with E-state index in [9.17, 15) is 0 Å². The quantitative estimate of drug-likeness (QED) is 0.536. The molecule has 1 rings (SSSR count). The largest absolute Gasteiger partial charge is 0.480 e. The Balaban J connectivity index is 3.09. The third kappa shape index (κ3) is 2.89. The molecule has 78 valence electrons. The van der Waals surface area contributed by atoms with Gasteiger partial charge in [0.2, 0.25) is 0 Å². The molecule has 1 heteroatoms. The zero-order valence-electron chi connectivity index (χ0n) is 9.34. The lowest BCUT2D eigenvalue weighted by Crippen LogP contribution is -2.00. The molecule has 0 spiro atoms. The van der Waals surface area contributed by atoms with Gasteiger partial charge in [0.05, 0.1) is 0 Å². The van der Waals surface area contributed by atoms with Gasteiger partial charge in [0.25, 0.3) is 0 Å². The highest BCUT2D eigenvalue weighted by Crippen LogP contribution is 2.26. The van der Waals surface area contributed by atoms with Crippen LogP contribution in [0.2, 0.25) is 0 Å². The smallest absolute Gasteiger partial charge is 0.148 e. The van der Waals surface area contributed by atoms with Gasteiger partial charge in [0, 0.05) is 0 Å². The molecule has 0 heterocycles. The van der Waals surface area contributed by atoms with Gasteiger partial charge >= 0.3 is 0 Å². The van der Waals surface area contributed by atoms with Crippen LogP contribution in [0.1, 0.15) is 16.7 Å². The fraction of sp³-hybridized carbons (Fsp3) is 0.286. The third-order valence-corrected chi connectivity index (χ3v) is 2.16. The zero-order chi connectivity index (χ0) is 11.3. The molecule has 1 aromatic rings. The average molecular weight is 200 g/mol. The molecule has 0 aliphatic carbocycles. The van der Waals surface area contributed by atoms with Crippen LogP contribution in [0.15, 0.2) is 24.8 Å². The SMILES string of the molecule is C#CCOc1c(C)cc(C)cc1CC=C. The Bertz CT molecular complexity index is 397. The first-order valence-corrected chi connectivity index (χ1v) is 4.96. The van der Waals surface area contributed by atoms with Gasteiger partial charge in [-0.15, -0.1) is 13.0 Å². The first kappa shape index (κ1) is 11.4. The summed E-state index contributed by atoms with van der Waals surface area (Å²) in [5.41, 5.74) is 3.51. The topological polar surface area (TPSA) is 9.23 Å². The van der Waals surface area contributed by atoms with Crippen LogP contribution < -0.4 is 4.74 Å². The number of hydrogen-bond acceptors (Lipinski definition) is 1. The number of rotatable bonds is 4. The van der Waals surface area contributed by atoms with Crippen molar-refractivity contribution in [3.8, 4) is 18.1 Å². The Kier molecular flexibility index (Phi) is 4.00. The first-order valence-electron chi connectivity index (χ1n) is 4.96. The highest BCUT2D eigenvalue weighted by molar-refractivity contribution is 5.44. The summed E-state index contributed by atoms with van der Waals surface area (Å²) in [6, 6.07) is 4.21. The summed E-state index contributed by atoms with van der Waals surface area (Å²) in [5, 5.41) is 0. The summed E-state index contributed by atoms with van der Waals surface area (Å²) in [7, 11) is 0. The van der Waals surface area contributed by atoms with E-state index in [1.807, 2.05) is 13.0 Å². The second-order valence-electron chi connectivity index (χ2n) is 3.56. The van der Waals surface area contributed by atoms with Crippen molar-refractivity contribution in [2.24, 2.45) is 0 Å². The number of benzene rings is 1. The van der Waals surface area contributed by atoms with Gasteiger partial charge < -0.3 is 4.74 Å². The van der Waals surface area contributed by atoms with Crippen LogP contribution in [0.3, 0.4) is 0 Å². The summed E-state index contributed by atoms with van der Waals surface area (Å²) in [5.74, 6) is 3.38. The molecule has 0 bridgehead atoms. The van der Waals surface area contributed by atoms with Crippen LogP contribution >= 0.6 is 0 Å². The van der Waals surface area contributed by atoms with E-state index in [0.717, 1.165) is 23.3 Å². The van der Waals surface area contributed by atoms with Crippen molar-refractivity contribution in [3.63, 3.8) is 0 Å². The predicted octanol–water partition coefficient (Wildman–Crippen LogP) is 3.04. The molecule has 0 saturated carbocycles. The molecule has 0 N–H and O–H groups in total. The van der Waals surface area contributed by atoms with E-state index in [-0.39, 0.29) is 0 Å². The molecule has 1 nitrogen and oxygen atoms in total. The predicted molar refractivity (Wildman–Crippen MR) is 64.1 cm³/mol. The van der Waals surface area contributed by atoms with Crippen molar-refractivity contribution >= 4 is 0 Å². The summed E-state index contributed by atoms with van der Waals surface area (Å²) in [4.78, 5) is 0. The van der Waals surface area contributed by atoms with Crippen LogP contribution in [-0.2, 0) is 6.42 Å². The van der Waals surface area contributed by atoms with E-state index in [4.69, 9.17) is 11.2 Å². The first-order chi connectivity index (χ1) is 7.19. The highest BCUT2D eigenvalue weighted by atomic mass is 16.5. The minimum Gasteiger partial charge on any atom is -0.480 e. The normalized spacial score (nSPS) is 9.40. The molecule has 0 atom stereocenters. The van der Waals surface area contributed by atoms with E-state index in [1.54, 1.807) is 0 Å². The molecular formula is C14H16O. The minimum absolute atomic E-state index is 0.314. The molecule has 0 aliphatic heterocycles. The zero-order valence-corrected chi connectivity index (χ0v) is 9.34. The Morgan fingerprint density at radius 2 is 2.20 bits per heavy atom. The summed E-state index contributed by atoms with van der Waals surface area (Å²) < 4.78 is 5.54. The van der Waals surface area contributed by atoms with Crippen molar-refractivity contribution in [1.29, 1.82) is 0 Å². The Labute approximate surface area is 91.8 Å². The van der Waals surface area contributed by atoms with Crippen LogP contribution in [-0.4, -0.2) is 6.61 Å². The van der Waals surface area contributed by atoms with Gasteiger partial charge in [-0.1, -0.05) is 29.7 Å². The number of aryl methyl sites for hydroxylation is 2. The maximum Gasteiger partial charge on any atom is 0.148 e. The summed E-state index contributed by atoms with van der Waals surface area (Å²) >= 11 is 0. The lowest BCUT2D eigenvalue weighted by molar-refractivity contribution is 0.364. The molecule has 0 aliphatic rings. The Hall–Kier alpha value is -1.68. The maximum absolute atomic E-state index is 5.54. The monoisotopic (exact) mass is 200 g/mol. The Morgan fingerprint density at radius 3 is 2.80 bits per heavy atom. The van der Waals surface area contributed by atoms with E-state index >= 15 is 0 Å². The molecular weight excluding hydrogens is 184 g/mol. The lowest BCUT2D eigenvalue weighted by Gasteiger charge is -2.12. The lowest BCUT2D eigenvalue weighted by atomic mass is 10.0. The fourth-order valence-electron chi connectivity index (χ4n) is 1.67. The second-order valence-corrected chi connectivity index (χ2v) is 3.56. The molecule has 1 aromatic carbocycles. The second kappa shape index (κ2) is 5.26. The molecule has 0 radical (unpaired) electrons. The molecule has 15 heavy (non-hydrogen) atoms. The molecule has 0 saturated heterocycles. The van der Waals surface area contributed by atoms with Crippen LogP contribution in [0.25, 0.3) is 0 Å². The van der Waals surface area contributed by atoms with E-state index in [0.29, 0.717) is 6.61 Å². The maximum atomic E-state index is 5.54. The number of ether oxygens (including phenoxy) is 1. The van der Waals surface area contributed by atoms with Crippen LogP contribution in [0, 0.1) is 26.2 Å².